The average molecular weight is 267 g/mol. The normalized spacial score (nSPS) is 12.9. The van der Waals surface area contributed by atoms with Crippen LogP contribution in [0.3, 0.4) is 0 Å². The highest BCUT2D eigenvalue weighted by atomic mass is 16.5. The lowest BCUT2D eigenvalue weighted by Crippen LogP contribution is -2.31. The van der Waals surface area contributed by atoms with Crippen molar-refractivity contribution in [2.75, 3.05) is 26.6 Å². The van der Waals surface area contributed by atoms with Gasteiger partial charge in [-0.25, -0.2) is 0 Å². The van der Waals surface area contributed by atoms with E-state index in [-0.39, 0.29) is 11.6 Å². The molecule has 0 saturated heterocycles. The van der Waals surface area contributed by atoms with E-state index in [1.807, 2.05) is 18.2 Å². The highest BCUT2D eigenvalue weighted by Gasteiger charge is 2.20. The zero-order chi connectivity index (χ0) is 14.5. The predicted molar refractivity (Wildman–Crippen MR) is 78.3 cm³/mol. The van der Waals surface area contributed by atoms with Crippen LogP contribution in [-0.4, -0.2) is 33.0 Å². The van der Waals surface area contributed by atoms with Crippen molar-refractivity contribution in [3.05, 3.63) is 18.2 Å². The Morgan fingerprint density at radius 1 is 1.16 bits per heavy atom. The maximum Gasteiger partial charge on any atom is 0.145 e. The van der Waals surface area contributed by atoms with E-state index in [0.29, 0.717) is 0 Å². The van der Waals surface area contributed by atoms with Crippen molar-refractivity contribution in [3.8, 4) is 11.5 Å². The number of anilines is 1. The van der Waals surface area contributed by atoms with E-state index < -0.39 is 0 Å². The molecular formula is C15H25NO3. The molecule has 0 radical (unpaired) electrons. The van der Waals surface area contributed by atoms with Crippen LogP contribution in [0.2, 0.25) is 0 Å². The first-order valence-corrected chi connectivity index (χ1v) is 6.45. The van der Waals surface area contributed by atoms with Crippen LogP contribution in [0.5, 0.6) is 11.5 Å². The van der Waals surface area contributed by atoms with Gasteiger partial charge < -0.3 is 19.5 Å². The third kappa shape index (κ3) is 4.63. The maximum absolute atomic E-state index is 5.45. The summed E-state index contributed by atoms with van der Waals surface area (Å²) in [7, 11) is 5.04. The van der Waals surface area contributed by atoms with Crippen LogP contribution in [0.1, 0.15) is 27.2 Å². The second-order valence-electron chi connectivity index (χ2n) is 5.28. The predicted octanol–water partition coefficient (Wildman–Crippen LogP) is 3.32. The fourth-order valence-electron chi connectivity index (χ4n) is 2.05. The van der Waals surface area contributed by atoms with Crippen molar-refractivity contribution >= 4 is 5.69 Å². The van der Waals surface area contributed by atoms with Crippen LogP contribution in [0.25, 0.3) is 0 Å². The number of nitrogens with one attached hydrogen (secondary N) is 1. The monoisotopic (exact) mass is 267 g/mol. The minimum Gasteiger partial charge on any atom is -0.497 e. The van der Waals surface area contributed by atoms with Crippen LogP contribution in [-0.2, 0) is 4.74 Å². The van der Waals surface area contributed by atoms with Gasteiger partial charge in [0.1, 0.15) is 11.5 Å². The SMILES string of the molecule is COc1ccc(NC(C)CC(C)(C)OC)c(OC)c1. The first-order valence-electron chi connectivity index (χ1n) is 6.45. The van der Waals surface area contributed by atoms with E-state index in [2.05, 4.69) is 26.1 Å². The summed E-state index contributed by atoms with van der Waals surface area (Å²) in [5.74, 6) is 1.56. The summed E-state index contributed by atoms with van der Waals surface area (Å²) >= 11 is 0. The molecule has 1 atom stereocenters. The molecule has 1 unspecified atom stereocenters. The average Bonchev–Trinajstić information content (AvgIpc) is 2.38. The van der Waals surface area contributed by atoms with Crippen molar-refractivity contribution in [1.82, 2.24) is 0 Å². The Hall–Kier alpha value is -1.42. The van der Waals surface area contributed by atoms with Gasteiger partial charge in [0.25, 0.3) is 0 Å². The standard InChI is InChI=1S/C15H25NO3/c1-11(10-15(2,3)19-6)16-13-8-7-12(17-4)9-14(13)18-5/h7-9,11,16H,10H2,1-6H3. The second kappa shape index (κ2) is 6.66. The van der Waals surface area contributed by atoms with Crippen molar-refractivity contribution in [3.63, 3.8) is 0 Å². The van der Waals surface area contributed by atoms with Crippen molar-refractivity contribution in [2.45, 2.75) is 38.8 Å². The Morgan fingerprint density at radius 3 is 2.37 bits per heavy atom. The van der Waals surface area contributed by atoms with Gasteiger partial charge in [-0.1, -0.05) is 0 Å². The molecule has 0 spiro atoms. The first-order chi connectivity index (χ1) is 8.91. The smallest absolute Gasteiger partial charge is 0.145 e. The minimum absolute atomic E-state index is 0.147. The number of hydrogen-bond acceptors (Lipinski definition) is 4. The molecule has 0 aromatic heterocycles. The van der Waals surface area contributed by atoms with E-state index in [0.717, 1.165) is 23.6 Å². The summed E-state index contributed by atoms with van der Waals surface area (Å²) in [5.41, 5.74) is 0.814. The van der Waals surface area contributed by atoms with Crippen molar-refractivity contribution in [1.29, 1.82) is 0 Å². The summed E-state index contributed by atoms with van der Waals surface area (Å²) in [6.07, 6.45) is 0.901. The van der Waals surface area contributed by atoms with Gasteiger partial charge in [-0.3, -0.25) is 0 Å². The van der Waals surface area contributed by atoms with Gasteiger partial charge >= 0.3 is 0 Å². The third-order valence-electron chi connectivity index (χ3n) is 3.16. The molecule has 1 aromatic carbocycles. The molecule has 1 N–H and O–H groups in total. The third-order valence-corrected chi connectivity index (χ3v) is 3.16. The number of methoxy groups -OCH3 is 3. The molecule has 108 valence electrons. The highest BCUT2D eigenvalue weighted by molar-refractivity contribution is 5.59. The van der Waals surface area contributed by atoms with Gasteiger partial charge in [0.15, 0.2) is 0 Å². The summed E-state index contributed by atoms with van der Waals surface area (Å²) < 4.78 is 16.0. The molecule has 0 aliphatic rings. The molecule has 19 heavy (non-hydrogen) atoms. The van der Waals surface area contributed by atoms with Gasteiger partial charge in [-0.05, 0) is 39.3 Å². The van der Waals surface area contributed by atoms with Crippen molar-refractivity contribution < 1.29 is 14.2 Å². The molecule has 4 heteroatoms. The molecule has 0 fully saturated rings. The van der Waals surface area contributed by atoms with Gasteiger partial charge in [-0.15, -0.1) is 0 Å². The van der Waals surface area contributed by atoms with Crippen molar-refractivity contribution in [2.24, 2.45) is 0 Å². The molecule has 0 bridgehead atoms. The molecule has 0 aliphatic heterocycles. The zero-order valence-electron chi connectivity index (χ0n) is 12.7. The van der Waals surface area contributed by atoms with E-state index in [9.17, 15) is 0 Å². The minimum atomic E-state index is -0.147. The summed E-state index contributed by atoms with van der Waals surface area (Å²) in [6.45, 7) is 6.29. The van der Waals surface area contributed by atoms with Gasteiger partial charge in [0.05, 0.1) is 25.5 Å². The molecule has 0 heterocycles. The lowest BCUT2D eigenvalue weighted by atomic mass is 9.99. The molecule has 0 saturated carbocycles. The first kappa shape index (κ1) is 15.6. The van der Waals surface area contributed by atoms with Crippen LogP contribution in [0.15, 0.2) is 18.2 Å². The van der Waals surface area contributed by atoms with E-state index in [4.69, 9.17) is 14.2 Å². The number of hydrogen-bond donors (Lipinski definition) is 1. The summed E-state index contributed by atoms with van der Waals surface area (Å²) in [4.78, 5) is 0. The Kier molecular flexibility index (Phi) is 5.48. The lowest BCUT2D eigenvalue weighted by Gasteiger charge is -2.28. The Bertz CT molecular complexity index is 404. The molecule has 1 rings (SSSR count). The van der Waals surface area contributed by atoms with Crippen LogP contribution in [0.4, 0.5) is 5.69 Å². The lowest BCUT2D eigenvalue weighted by molar-refractivity contribution is 0.0128. The largest absolute Gasteiger partial charge is 0.497 e. The van der Waals surface area contributed by atoms with Crippen LogP contribution < -0.4 is 14.8 Å². The molecule has 1 aromatic rings. The number of rotatable bonds is 7. The molecule has 0 aliphatic carbocycles. The van der Waals surface area contributed by atoms with Gasteiger partial charge in [0, 0.05) is 19.2 Å². The fourth-order valence-corrected chi connectivity index (χ4v) is 2.05. The molecule has 4 nitrogen and oxygen atoms in total. The van der Waals surface area contributed by atoms with E-state index >= 15 is 0 Å². The van der Waals surface area contributed by atoms with Crippen LogP contribution >= 0.6 is 0 Å². The fraction of sp³-hybridized carbons (Fsp3) is 0.600. The van der Waals surface area contributed by atoms with Gasteiger partial charge in [0.2, 0.25) is 0 Å². The Balaban J connectivity index is 2.76. The quantitative estimate of drug-likeness (QED) is 0.822. The van der Waals surface area contributed by atoms with E-state index in [1.165, 1.54) is 0 Å². The topological polar surface area (TPSA) is 39.7 Å². The Labute approximate surface area is 116 Å². The molecular weight excluding hydrogens is 242 g/mol. The summed E-state index contributed by atoms with van der Waals surface area (Å²) in [5, 5.41) is 3.44. The number of ether oxygens (including phenoxy) is 3. The van der Waals surface area contributed by atoms with Gasteiger partial charge in [-0.2, -0.15) is 0 Å². The van der Waals surface area contributed by atoms with E-state index in [1.54, 1.807) is 21.3 Å². The second-order valence-corrected chi connectivity index (χ2v) is 5.28. The maximum atomic E-state index is 5.45. The Morgan fingerprint density at radius 2 is 1.84 bits per heavy atom. The highest BCUT2D eigenvalue weighted by Crippen LogP contribution is 2.30. The number of benzene rings is 1. The zero-order valence-corrected chi connectivity index (χ0v) is 12.7. The molecule has 0 amide bonds. The summed E-state index contributed by atoms with van der Waals surface area (Å²) in [6, 6.07) is 6.03. The van der Waals surface area contributed by atoms with Crippen LogP contribution in [0, 0.1) is 0 Å².